The van der Waals surface area contributed by atoms with Crippen LogP contribution in [-0.2, 0) is 9.84 Å². The Balaban J connectivity index is 2.45. The van der Waals surface area contributed by atoms with Crippen molar-refractivity contribution in [3.05, 3.63) is 30.1 Å². The third kappa shape index (κ3) is 2.11. The third-order valence-corrected chi connectivity index (χ3v) is 2.93. The average molecular weight is 238 g/mol. The van der Waals surface area contributed by atoms with Crippen LogP contribution in [0.2, 0.25) is 0 Å². The molecule has 2 rings (SSSR count). The molecule has 0 unspecified atom stereocenters. The molecule has 1 N–H and O–H groups in total. The number of rotatable bonds is 3. The fourth-order valence-electron chi connectivity index (χ4n) is 1.50. The highest BCUT2D eigenvalue weighted by molar-refractivity contribution is 7.91. The molecule has 0 aliphatic carbocycles. The van der Waals surface area contributed by atoms with E-state index in [9.17, 15) is 13.2 Å². The van der Waals surface area contributed by atoms with Gasteiger partial charge in [0, 0.05) is 29.6 Å². The first-order valence-electron chi connectivity index (χ1n) is 4.60. The second-order valence-corrected chi connectivity index (χ2v) is 5.74. The molecule has 0 bridgehead atoms. The summed E-state index contributed by atoms with van der Waals surface area (Å²) < 4.78 is 22.1. The van der Waals surface area contributed by atoms with Crippen LogP contribution in [0.25, 0.3) is 11.0 Å². The summed E-state index contributed by atoms with van der Waals surface area (Å²) in [5, 5.41) is 0.649. The molecule has 0 radical (unpaired) electrons. The molecule has 2 aromatic heterocycles. The van der Waals surface area contributed by atoms with E-state index in [0.717, 1.165) is 6.26 Å². The van der Waals surface area contributed by atoms with Crippen molar-refractivity contribution >= 4 is 26.7 Å². The van der Waals surface area contributed by atoms with E-state index in [0.29, 0.717) is 16.6 Å². The molecule has 0 aliphatic heterocycles. The van der Waals surface area contributed by atoms with Crippen molar-refractivity contribution in [3.63, 3.8) is 0 Å². The van der Waals surface area contributed by atoms with Crippen LogP contribution in [0.5, 0.6) is 0 Å². The lowest BCUT2D eigenvalue weighted by Gasteiger charge is -1.96. The first-order chi connectivity index (χ1) is 7.47. The molecule has 0 atom stereocenters. The lowest BCUT2D eigenvalue weighted by Crippen LogP contribution is -2.14. The molecule has 0 saturated heterocycles. The zero-order chi connectivity index (χ0) is 11.8. The lowest BCUT2D eigenvalue weighted by atomic mass is 10.1. The number of pyridine rings is 1. The molecule has 16 heavy (non-hydrogen) atoms. The van der Waals surface area contributed by atoms with E-state index >= 15 is 0 Å². The number of hydrogen-bond donors (Lipinski definition) is 1. The summed E-state index contributed by atoms with van der Waals surface area (Å²) in [4.78, 5) is 18.6. The SMILES string of the molecule is CS(=O)(=O)CC(=O)c1c[nH]c2ncccc12. The third-order valence-electron chi connectivity index (χ3n) is 2.14. The molecular formula is C10H10N2O3S. The summed E-state index contributed by atoms with van der Waals surface area (Å²) in [6, 6.07) is 3.43. The monoisotopic (exact) mass is 238 g/mol. The number of ketones is 1. The number of fused-ring (bicyclic) bond motifs is 1. The average Bonchev–Trinajstić information content (AvgIpc) is 2.58. The Labute approximate surface area is 92.4 Å². The highest BCUT2D eigenvalue weighted by Gasteiger charge is 2.16. The Bertz CT molecular complexity index is 643. The number of Topliss-reactive ketones (excluding diaryl/α,β-unsaturated/α-hetero) is 1. The lowest BCUT2D eigenvalue weighted by molar-refractivity contribution is 0.102. The summed E-state index contributed by atoms with van der Waals surface area (Å²) in [6.45, 7) is 0. The Morgan fingerprint density at radius 3 is 2.94 bits per heavy atom. The molecule has 6 heteroatoms. The van der Waals surface area contributed by atoms with Gasteiger partial charge in [0.25, 0.3) is 0 Å². The quantitative estimate of drug-likeness (QED) is 0.802. The van der Waals surface area contributed by atoms with E-state index in [2.05, 4.69) is 9.97 Å². The van der Waals surface area contributed by atoms with Gasteiger partial charge in [-0.2, -0.15) is 0 Å². The van der Waals surface area contributed by atoms with Gasteiger partial charge >= 0.3 is 0 Å². The Hall–Kier alpha value is -1.69. The van der Waals surface area contributed by atoms with Gasteiger partial charge in [-0.25, -0.2) is 13.4 Å². The van der Waals surface area contributed by atoms with Crippen molar-refractivity contribution < 1.29 is 13.2 Å². The summed E-state index contributed by atoms with van der Waals surface area (Å²) in [7, 11) is -3.30. The van der Waals surface area contributed by atoms with Crippen molar-refractivity contribution in [1.82, 2.24) is 9.97 Å². The number of nitrogens with one attached hydrogen (secondary N) is 1. The molecule has 0 fully saturated rings. The van der Waals surface area contributed by atoms with E-state index in [1.54, 1.807) is 18.3 Å². The maximum absolute atomic E-state index is 11.7. The van der Waals surface area contributed by atoms with Crippen LogP contribution in [0, 0.1) is 0 Å². The Morgan fingerprint density at radius 2 is 2.25 bits per heavy atom. The number of carbonyl (C=O) groups excluding carboxylic acids is 1. The van der Waals surface area contributed by atoms with Crippen LogP contribution < -0.4 is 0 Å². The van der Waals surface area contributed by atoms with Crippen LogP contribution in [0.15, 0.2) is 24.5 Å². The van der Waals surface area contributed by atoms with Crippen LogP contribution in [-0.4, -0.2) is 36.2 Å². The number of aromatic amines is 1. The molecule has 5 nitrogen and oxygen atoms in total. The molecular weight excluding hydrogens is 228 g/mol. The fraction of sp³-hybridized carbons (Fsp3) is 0.200. The molecule has 2 aromatic rings. The summed E-state index contributed by atoms with van der Waals surface area (Å²) in [5.74, 6) is -0.892. The number of nitrogens with zero attached hydrogens (tertiary/aromatic N) is 1. The second-order valence-electron chi connectivity index (χ2n) is 3.60. The van der Waals surface area contributed by atoms with Crippen molar-refractivity contribution in [2.75, 3.05) is 12.0 Å². The number of H-pyrrole nitrogens is 1. The zero-order valence-corrected chi connectivity index (χ0v) is 9.41. The van der Waals surface area contributed by atoms with Gasteiger partial charge in [-0.1, -0.05) is 0 Å². The van der Waals surface area contributed by atoms with Crippen molar-refractivity contribution in [2.24, 2.45) is 0 Å². The van der Waals surface area contributed by atoms with Gasteiger partial charge in [-0.15, -0.1) is 0 Å². The molecule has 0 saturated carbocycles. The molecule has 2 heterocycles. The Kier molecular flexibility index (Phi) is 2.51. The van der Waals surface area contributed by atoms with Crippen molar-refractivity contribution in [1.29, 1.82) is 0 Å². The normalized spacial score (nSPS) is 11.8. The van der Waals surface area contributed by atoms with Gasteiger partial charge in [0.05, 0.1) is 0 Å². The zero-order valence-electron chi connectivity index (χ0n) is 8.60. The van der Waals surface area contributed by atoms with E-state index in [1.165, 1.54) is 6.20 Å². The van der Waals surface area contributed by atoms with Crippen LogP contribution in [0.3, 0.4) is 0 Å². The van der Waals surface area contributed by atoms with E-state index < -0.39 is 21.4 Å². The minimum absolute atomic E-state index is 0.369. The van der Waals surface area contributed by atoms with Gasteiger partial charge in [0.15, 0.2) is 15.6 Å². The number of hydrogen-bond acceptors (Lipinski definition) is 4. The van der Waals surface area contributed by atoms with Gasteiger partial charge in [-0.05, 0) is 12.1 Å². The summed E-state index contributed by atoms with van der Waals surface area (Å²) in [6.07, 6.45) is 4.13. The Morgan fingerprint density at radius 1 is 1.50 bits per heavy atom. The molecule has 0 aliphatic rings. The maximum Gasteiger partial charge on any atom is 0.180 e. The van der Waals surface area contributed by atoms with Crippen molar-refractivity contribution in [3.8, 4) is 0 Å². The van der Waals surface area contributed by atoms with E-state index in [-0.39, 0.29) is 0 Å². The van der Waals surface area contributed by atoms with Gasteiger partial charge < -0.3 is 4.98 Å². The van der Waals surface area contributed by atoms with Gasteiger partial charge in [-0.3, -0.25) is 4.79 Å². The number of aromatic nitrogens is 2. The first kappa shape index (κ1) is 10.8. The fourth-order valence-corrected chi connectivity index (χ4v) is 2.13. The molecule has 0 aromatic carbocycles. The highest BCUT2D eigenvalue weighted by atomic mass is 32.2. The molecule has 84 valence electrons. The maximum atomic E-state index is 11.7. The molecule has 0 spiro atoms. The first-order valence-corrected chi connectivity index (χ1v) is 6.66. The standard InChI is InChI=1S/C10H10N2O3S/c1-16(14,15)6-9(13)8-5-12-10-7(8)3-2-4-11-10/h2-5H,6H2,1H3,(H,11,12). The minimum atomic E-state index is -3.30. The van der Waals surface area contributed by atoms with E-state index in [1.807, 2.05) is 0 Å². The topological polar surface area (TPSA) is 79.9 Å². The second kappa shape index (κ2) is 3.71. The van der Waals surface area contributed by atoms with Gasteiger partial charge in [0.1, 0.15) is 11.4 Å². The number of carbonyl (C=O) groups is 1. The predicted molar refractivity (Wildman–Crippen MR) is 60.1 cm³/mol. The van der Waals surface area contributed by atoms with E-state index in [4.69, 9.17) is 0 Å². The van der Waals surface area contributed by atoms with Crippen LogP contribution in [0.4, 0.5) is 0 Å². The minimum Gasteiger partial charge on any atom is -0.345 e. The van der Waals surface area contributed by atoms with Gasteiger partial charge in [0.2, 0.25) is 0 Å². The van der Waals surface area contributed by atoms with Crippen molar-refractivity contribution in [2.45, 2.75) is 0 Å². The van der Waals surface area contributed by atoms with Crippen LogP contribution in [0.1, 0.15) is 10.4 Å². The van der Waals surface area contributed by atoms with Crippen LogP contribution >= 0.6 is 0 Å². The largest absolute Gasteiger partial charge is 0.345 e. The smallest absolute Gasteiger partial charge is 0.180 e. The summed E-state index contributed by atoms with van der Waals surface area (Å²) in [5.41, 5.74) is 0.952. The number of sulfone groups is 1. The summed E-state index contributed by atoms with van der Waals surface area (Å²) >= 11 is 0. The highest BCUT2D eigenvalue weighted by Crippen LogP contribution is 2.16. The molecule has 0 amide bonds. The predicted octanol–water partition coefficient (Wildman–Crippen LogP) is 0.790.